The molecule has 0 bridgehead atoms. The average molecular weight is 397 g/mol. The molecular formula is C18H24N2O4S2. The van der Waals surface area contributed by atoms with Crippen LogP contribution >= 0.6 is 0 Å². The topological polar surface area (TPSA) is 83.5 Å². The van der Waals surface area contributed by atoms with E-state index in [0.29, 0.717) is 5.69 Å². The van der Waals surface area contributed by atoms with Gasteiger partial charge in [-0.3, -0.25) is 4.72 Å². The summed E-state index contributed by atoms with van der Waals surface area (Å²) in [7, 11) is -4.53. The van der Waals surface area contributed by atoms with Crippen molar-refractivity contribution >= 4 is 25.7 Å². The lowest BCUT2D eigenvalue weighted by Crippen LogP contribution is -2.22. The highest BCUT2D eigenvalue weighted by Crippen LogP contribution is 2.20. The minimum Gasteiger partial charge on any atom is -0.280 e. The van der Waals surface area contributed by atoms with Crippen LogP contribution in [0.1, 0.15) is 25.3 Å². The van der Waals surface area contributed by atoms with Crippen molar-refractivity contribution < 1.29 is 16.8 Å². The fourth-order valence-corrected chi connectivity index (χ4v) is 4.30. The fourth-order valence-electron chi connectivity index (χ4n) is 2.34. The van der Waals surface area contributed by atoms with Gasteiger partial charge in [0.2, 0.25) is 10.0 Å². The van der Waals surface area contributed by atoms with Crippen molar-refractivity contribution in [2.45, 2.75) is 36.0 Å². The van der Waals surface area contributed by atoms with Gasteiger partial charge in [0.25, 0.3) is 10.0 Å². The number of hydrogen-bond donors (Lipinski definition) is 1. The van der Waals surface area contributed by atoms with Crippen molar-refractivity contribution in [3.05, 3.63) is 54.1 Å². The smallest absolute Gasteiger partial charge is 0.261 e. The van der Waals surface area contributed by atoms with Crippen LogP contribution in [0.3, 0.4) is 0 Å². The Hall–Kier alpha value is -1.90. The Morgan fingerprint density at radius 1 is 0.846 bits per heavy atom. The molecule has 0 spiro atoms. The molecule has 0 heterocycles. The maximum absolute atomic E-state index is 12.5. The summed E-state index contributed by atoms with van der Waals surface area (Å²) in [5.74, 6) is 0. The standard InChI is InChI=1S/C18H24N2O4S2/c1-4-5-6-15-7-9-16(10-8-15)19-25(21,22)17-11-13-18(14-12-17)26(23,24)20(2)3/h7-14,19H,4-6H2,1-3H3. The van der Waals surface area contributed by atoms with E-state index >= 15 is 0 Å². The zero-order valence-corrected chi connectivity index (χ0v) is 16.8. The number of unbranched alkanes of at least 4 members (excludes halogenated alkanes) is 1. The lowest BCUT2D eigenvalue weighted by molar-refractivity contribution is 0.520. The Bertz CT molecular complexity index is 934. The second kappa shape index (κ2) is 8.20. The lowest BCUT2D eigenvalue weighted by atomic mass is 10.1. The summed E-state index contributed by atoms with van der Waals surface area (Å²) >= 11 is 0. The highest BCUT2D eigenvalue weighted by atomic mass is 32.2. The summed E-state index contributed by atoms with van der Waals surface area (Å²) in [4.78, 5) is 0.0481. The number of nitrogens with one attached hydrogen (secondary N) is 1. The zero-order valence-electron chi connectivity index (χ0n) is 15.1. The molecule has 8 heteroatoms. The lowest BCUT2D eigenvalue weighted by Gasteiger charge is -2.12. The van der Waals surface area contributed by atoms with Crippen molar-refractivity contribution in [3.63, 3.8) is 0 Å². The molecule has 0 aliphatic carbocycles. The van der Waals surface area contributed by atoms with Gasteiger partial charge in [0, 0.05) is 19.8 Å². The van der Waals surface area contributed by atoms with Crippen molar-refractivity contribution in [1.82, 2.24) is 4.31 Å². The van der Waals surface area contributed by atoms with Crippen molar-refractivity contribution in [3.8, 4) is 0 Å². The van der Waals surface area contributed by atoms with Gasteiger partial charge in [0.05, 0.1) is 9.79 Å². The molecule has 0 saturated carbocycles. The predicted molar refractivity (Wildman–Crippen MR) is 103 cm³/mol. The number of anilines is 1. The van der Waals surface area contributed by atoms with Gasteiger partial charge in [0.1, 0.15) is 0 Å². The molecular weight excluding hydrogens is 372 g/mol. The Kier molecular flexibility index (Phi) is 6.44. The van der Waals surface area contributed by atoms with Gasteiger partial charge in [-0.15, -0.1) is 0 Å². The number of aryl methyl sites for hydroxylation is 1. The van der Waals surface area contributed by atoms with E-state index in [1.807, 2.05) is 12.1 Å². The van der Waals surface area contributed by atoms with Gasteiger partial charge in [-0.05, 0) is 54.8 Å². The third kappa shape index (κ3) is 4.84. The van der Waals surface area contributed by atoms with Crippen molar-refractivity contribution in [2.75, 3.05) is 18.8 Å². The third-order valence-corrected chi connectivity index (χ3v) is 7.16. The Balaban J connectivity index is 2.17. The van der Waals surface area contributed by atoms with Gasteiger partial charge in [-0.1, -0.05) is 25.5 Å². The zero-order chi connectivity index (χ0) is 19.4. The number of nitrogens with zero attached hydrogens (tertiary/aromatic N) is 1. The molecule has 2 aromatic carbocycles. The van der Waals surface area contributed by atoms with E-state index in [1.54, 1.807) is 12.1 Å². The molecule has 0 aliphatic rings. The number of rotatable bonds is 8. The first-order valence-corrected chi connectivity index (χ1v) is 11.2. The van der Waals surface area contributed by atoms with E-state index in [4.69, 9.17) is 0 Å². The SMILES string of the molecule is CCCCc1ccc(NS(=O)(=O)c2ccc(S(=O)(=O)N(C)C)cc2)cc1. The van der Waals surface area contributed by atoms with E-state index in [2.05, 4.69) is 11.6 Å². The molecule has 0 aliphatic heterocycles. The van der Waals surface area contributed by atoms with Crippen LogP contribution < -0.4 is 4.72 Å². The van der Waals surface area contributed by atoms with E-state index in [9.17, 15) is 16.8 Å². The Morgan fingerprint density at radius 3 is 1.88 bits per heavy atom. The molecule has 0 unspecified atom stereocenters. The summed E-state index contributed by atoms with van der Waals surface area (Å²) < 4.78 is 52.7. The molecule has 0 aromatic heterocycles. The normalized spacial score (nSPS) is 12.3. The largest absolute Gasteiger partial charge is 0.280 e. The summed E-state index contributed by atoms with van der Waals surface area (Å²) in [5, 5.41) is 0. The summed E-state index contributed by atoms with van der Waals surface area (Å²) in [6.45, 7) is 2.12. The molecule has 2 rings (SSSR count). The molecule has 0 amide bonds. The summed E-state index contributed by atoms with van der Waals surface area (Å²) in [5.41, 5.74) is 1.63. The minimum absolute atomic E-state index is 0.00488. The molecule has 142 valence electrons. The van der Waals surface area contributed by atoms with Gasteiger partial charge in [0.15, 0.2) is 0 Å². The van der Waals surface area contributed by atoms with Gasteiger partial charge >= 0.3 is 0 Å². The predicted octanol–water partition coefficient (Wildman–Crippen LogP) is 3.08. The summed E-state index contributed by atoms with van der Waals surface area (Å²) in [6.07, 6.45) is 3.16. The van der Waals surface area contributed by atoms with Crippen LogP contribution in [0.4, 0.5) is 5.69 Å². The minimum atomic E-state index is -3.78. The second-order valence-electron chi connectivity index (χ2n) is 6.16. The summed E-state index contributed by atoms with van der Waals surface area (Å²) in [6, 6.07) is 12.4. The molecule has 0 radical (unpaired) electrons. The molecule has 2 aromatic rings. The van der Waals surface area contributed by atoms with Crippen LogP contribution in [0, 0.1) is 0 Å². The van der Waals surface area contributed by atoms with Crippen LogP contribution in [0.25, 0.3) is 0 Å². The number of sulfonamides is 2. The van der Waals surface area contributed by atoms with E-state index in [1.165, 1.54) is 38.4 Å². The first-order valence-electron chi connectivity index (χ1n) is 8.31. The highest BCUT2D eigenvalue weighted by molar-refractivity contribution is 7.92. The van der Waals surface area contributed by atoms with Gasteiger partial charge in [-0.25, -0.2) is 21.1 Å². The van der Waals surface area contributed by atoms with Crippen LogP contribution in [0.15, 0.2) is 58.3 Å². The molecule has 6 nitrogen and oxygen atoms in total. The Morgan fingerprint density at radius 2 is 1.38 bits per heavy atom. The molecule has 1 N–H and O–H groups in total. The molecule has 0 fully saturated rings. The molecule has 0 atom stereocenters. The van der Waals surface area contributed by atoms with E-state index in [0.717, 1.165) is 29.1 Å². The quantitative estimate of drug-likeness (QED) is 0.743. The first-order chi connectivity index (χ1) is 12.2. The van der Waals surface area contributed by atoms with E-state index in [-0.39, 0.29) is 9.79 Å². The number of benzene rings is 2. The highest BCUT2D eigenvalue weighted by Gasteiger charge is 2.19. The first kappa shape index (κ1) is 20.4. The van der Waals surface area contributed by atoms with Crippen molar-refractivity contribution in [1.29, 1.82) is 0 Å². The Labute approximate surface area is 156 Å². The monoisotopic (exact) mass is 396 g/mol. The van der Waals surface area contributed by atoms with E-state index < -0.39 is 20.0 Å². The maximum Gasteiger partial charge on any atom is 0.261 e. The van der Waals surface area contributed by atoms with Crippen LogP contribution in [0.2, 0.25) is 0 Å². The molecule has 0 saturated heterocycles. The molecule has 26 heavy (non-hydrogen) atoms. The van der Waals surface area contributed by atoms with Crippen LogP contribution in [-0.2, 0) is 26.5 Å². The van der Waals surface area contributed by atoms with Crippen LogP contribution in [0.5, 0.6) is 0 Å². The fraction of sp³-hybridized carbons (Fsp3) is 0.333. The maximum atomic E-state index is 12.5. The number of hydrogen-bond acceptors (Lipinski definition) is 4. The van der Waals surface area contributed by atoms with Gasteiger partial charge in [-0.2, -0.15) is 0 Å². The average Bonchev–Trinajstić information content (AvgIpc) is 2.61. The third-order valence-electron chi connectivity index (χ3n) is 3.94. The second-order valence-corrected chi connectivity index (χ2v) is 10.00. The van der Waals surface area contributed by atoms with Crippen LogP contribution in [-0.4, -0.2) is 35.2 Å². The van der Waals surface area contributed by atoms with Crippen molar-refractivity contribution in [2.24, 2.45) is 0 Å². The van der Waals surface area contributed by atoms with Gasteiger partial charge < -0.3 is 0 Å².